The van der Waals surface area contributed by atoms with Gasteiger partial charge >= 0.3 is 0 Å². The van der Waals surface area contributed by atoms with Gasteiger partial charge in [0.1, 0.15) is 17.1 Å². The van der Waals surface area contributed by atoms with Gasteiger partial charge in [-0.25, -0.2) is 0 Å². The van der Waals surface area contributed by atoms with Gasteiger partial charge in [0.15, 0.2) is 5.69 Å². The molecule has 2 rings (SSSR count). The van der Waals surface area contributed by atoms with Gasteiger partial charge in [0, 0.05) is 12.6 Å². The molecule has 0 aromatic carbocycles. The third kappa shape index (κ3) is 1.52. The van der Waals surface area contributed by atoms with Gasteiger partial charge in [0.25, 0.3) is 0 Å². The van der Waals surface area contributed by atoms with E-state index in [0.29, 0.717) is 29.4 Å². The van der Waals surface area contributed by atoms with Crippen LogP contribution in [0.25, 0.3) is 11.4 Å². The van der Waals surface area contributed by atoms with Crippen LogP contribution in [-0.2, 0) is 6.54 Å². The molecule has 0 saturated carbocycles. The largest absolute Gasteiger partial charge is 0.361 e. The maximum atomic E-state index is 10.8. The zero-order valence-corrected chi connectivity index (χ0v) is 9.39. The average molecular weight is 220 g/mol. The predicted molar refractivity (Wildman–Crippen MR) is 58.3 cm³/mol. The minimum absolute atomic E-state index is 0.329. The van der Waals surface area contributed by atoms with Crippen molar-refractivity contribution in [1.82, 2.24) is 14.9 Å². The summed E-state index contributed by atoms with van der Waals surface area (Å²) in [5.74, 6) is 0.676. The number of aryl methyl sites for hydroxylation is 2. The van der Waals surface area contributed by atoms with Crippen LogP contribution in [0.5, 0.6) is 0 Å². The van der Waals surface area contributed by atoms with Crippen molar-refractivity contribution in [2.45, 2.75) is 27.3 Å². The molecule has 16 heavy (non-hydrogen) atoms. The monoisotopic (exact) mass is 220 g/mol. The van der Waals surface area contributed by atoms with Gasteiger partial charge < -0.3 is 4.52 Å². The van der Waals surface area contributed by atoms with Gasteiger partial charge in [-0.1, -0.05) is 5.16 Å². The number of nitrogens with zero attached hydrogens (tertiary/aromatic N) is 4. The van der Waals surface area contributed by atoms with Crippen LogP contribution in [0.3, 0.4) is 0 Å². The maximum absolute atomic E-state index is 10.8. The van der Waals surface area contributed by atoms with Crippen LogP contribution in [-0.4, -0.2) is 14.9 Å². The normalized spacial score (nSPS) is 10.7. The van der Waals surface area contributed by atoms with E-state index < -0.39 is 0 Å². The SMILES string of the molecule is CCn1nc(-c2cc(C)on2)c(N=O)c1C. The van der Waals surface area contributed by atoms with Gasteiger partial charge in [-0.15, -0.1) is 4.91 Å². The van der Waals surface area contributed by atoms with Gasteiger partial charge in [-0.3, -0.25) is 4.68 Å². The lowest BCUT2D eigenvalue weighted by molar-refractivity contribution is 0.399. The van der Waals surface area contributed by atoms with Crippen molar-refractivity contribution in [3.8, 4) is 11.4 Å². The van der Waals surface area contributed by atoms with Crippen LogP contribution in [0.1, 0.15) is 18.4 Å². The Morgan fingerprint density at radius 2 is 2.25 bits per heavy atom. The van der Waals surface area contributed by atoms with Crippen molar-refractivity contribution in [3.63, 3.8) is 0 Å². The van der Waals surface area contributed by atoms with E-state index >= 15 is 0 Å². The molecule has 0 bridgehead atoms. The van der Waals surface area contributed by atoms with Crippen molar-refractivity contribution >= 4 is 5.69 Å². The topological polar surface area (TPSA) is 73.3 Å². The van der Waals surface area contributed by atoms with Gasteiger partial charge in [0.05, 0.1) is 5.69 Å². The fourth-order valence-corrected chi connectivity index (χ4v) is 1.60. The van der Waals surface area contributed by atoms with Crippen molar-refractivity contribution in [2.24, 2.45) is 5.18 Å². The first-order chi connectivity index (χ1) is 7.67. The minimum atomic E-state index is 0.329. The zero-order valence-electron chi connectivity index (χ0n) is 9.39. The summed E-state index contributed by atoms with van der Waals surface area (Å²) in [5, 5.41) is 11.1. The second-order valence-corrected chi connectivity index (χ2v) is 3.51. The molecule has 0 N–H and O–H groups in total. The number of hydrogen-bond donors (Lipinski definition) is 0. The molecule has 6 heteroatoms. The van der Waals surface area contributed by atoms with Gasteiger partial charge in [0.2, 0.25) is 0 Å². The van der Waals surface area contributed by atoms with E-state index in [9.17, 15) is 4.91 Å². The first-order valence-electron chi connectivity index (χ1n) is 5.01. The van der Waals surface area contributed by atoms with E-state index in [2.05, 4.69) is 15.4 Å². The standard InChI is InChI=1S/C10H12N4O2/c1-4-14-7(3)9(12-15)10(11-14)8-5-6(2)16-13-8/h5H,4H2,1-3H3. The van der Waals surface area contributed by atoms with Crippen molar-refractivity contribution in [3.05, 3.63) is 22.4 Å². The summed E-state index contributed by atoms with van der Waals surface area (Å²) in [4.78, 5) is 10.8. The Kier molecular flexibility index (Phi) is 2.55. The summed E-state index contributed by atoms with van der Waals surface area (Å²) in [6.07, 6.45) is 0. The second kappa shape index (κ2) is 3.88. The van der Waals surface area contributed by atoms with E-state index in [0.717, 1.165) is 5.69 Å². The van der Waals surface area contributed by atoms with Crippen molar-refractivity contribution in [2.75, 3.05) is 0 Å². The molecular weight excluding hydrogens is 208 g/mol. The highest BCUT2D eigenvalue weighted by atomic mass is 16.5. The quantitative estimate of drug-likeness (QED) is 0.745. The molecule has 0 amide bonds. The van der Waals surface area contributed by atoms with Crippen molar-refractivity contribution in [1.29, 1.82) is 0 Å². The highest BCUT2D eigenvalue weighted by Gasteiger charge is 2.19. The lowest BCUT2D eigenvalue weighted by Gasteiger charge is -1.95. The lowest BCUT2D eigenvalue weighted by atomic mass is 10.2. The van der Waals surface area contributed by atoms with Crippen LogP contribution < -0.4 is 0 Å². The molecule has 2 aromatic heterocycles. The molecule has 6 nitrogen and oxygen atoms in total. The number of rotatable bonds is 3. The Labute approximate surface area is 92.2 Å². The van der Waals surface area contributed by atoms with E-state index in [1.165, 1.54) is 0 Å². The van der Waals surface area contributed by atoms with E-state index in [4.69, 9.17) is 4.52 Å². The Hall–Kier alpha value is -1.98. The third-order valence-electron chi connectivity index (χ3n) is 2.44. The minimum Gasteiger partial charge on any atom is -0.361 e. The fraction of sp³-hybridized carbons (Fsp3) is 0.400. The van der Waals surface area contributed by atoms with E-state index in [-0.39, 0.29) is 0 Å². The Bertz CT molecular complexity index is 527. The first-order valence-corrected chi connectivity index (χ1v) is 5.01. The maximum Gasteiger partial charge on any atom is 0.158 e. The summed E-state index contributed by atoms with van der Waals surface area (Å²) in [6, 6.07) is 1.73. The fourth-order valence-electron chi connectivity index (χ4n) is 1.60. The summed E-state index contributed by atoms with van der Waals surface area (Å²) < 4.78 is 6.68. The molecule has 0 unspecified atom stereocenters. The van der Waals surface area contributed by atoms with Gasteiger partial charge in [-0.2, -0.15) is 5.10 Å². The van der Waals surface area contributed by atoms with Crippen LogP contribution in [0.4, 0.5) is 5.69 Å². The lowest BCUT2D eigenvalue weighted by Crippen LogP contribution is -1.98. The number of nitroso groups, excluding NO2 is 1. The predicted octanol–water partition coefficient (Wildman–Crippen LogP) is 2.57. The van der Waals surface area contributed by atoms with Crippen LogP contribution in [0.2, 0.25) is 0 Å². The molecule has 2 heterocycles. The Balaban J connectivity index is 2.60. The Morgan fingerprint density at radius 3 is 2.75 bits per heavy atom. The highest BCUT2D eigenvalue weighted by molar-refractivity contribution is 5.70. The molecule has 0 fully saturated rings. The van der Waals surface area contributed by atoms with Gasteiger partial charge in [-0.05, 0) is 25.9 Å². The van der Waals surface area contributed by atoms with Crippen LogP contribution in [0.15, 0.2) is 15.8 Å². The molecule has 0 aliphatic rings. The molecule has 0 spiro atoms. The molecule has 0 aliphatic carbocycles. The van der Waals surface area contributed by atoms with E-state index in [1.54, 1.807) is 17.7 Å². The van der Waals surface area contributed by atoms with Crippen LogP contribution >= 0.6 is 0 Å². The molecule has 0 atom stereocenters. The molecule has 0 saturated heterocycles. The first kappa shape index (κ1) is 10.5. The van der Waals surface area contributed by atoms with E-state index in [1.807, 2.05) is 13.8 Å². The summed E-state index contributed by atoms with van der Waals surface area (Å²) >= 11 is 0. The number of hydrogen-bond acceptors (Lipinski definition) is 5. The summed E-state index contributed by atoms with van der Waals surface area (Å²) in [6.45, 7) is 6.23. The molecule has 0 aliphatic heterocycles. The second-order valence-electron chi connectivity index (χ2n) is 3.51. The third-order valence-corrected chi connectivity index (χ3v) is 2.44. The average Bonchev–Trinajstić information content (AvgIpc) is 2.82. The molecular formula is C10H12N4O2. The molecule has 84 valence electrons. The summed E-state index contributed by atoms with van der Waals surface area (Å²) in [5.41, 5.74) is 2.09. The highest BCUT2D eigenvalue weighted by Crippen LogP contribution is 2.31. The Morgan fingerprint density at radius 1 is 1.50 bits per heavy atom. The smallest absolute Gasteiger partial charge is 0.158 e. The molecule has 0 radical (unpaired) electrons. The van der Waals surface area contributed by atoms with Crippen LogP contribution in [0, 0.1) is 18.8 Å². The van der Waals surface area contributed by atoms with Crippen molar-refractivity contribution < 1.29 is 4.52 Å². The summed E-state index contributed by atoms with van der Waals surface area (Å²) in [7, 11) is 0. The number of aromatic nitrogens is 3. The molecule has 2 aromatic rings. The zero-order chi connectivity index (χ0) is 11.7.